The molecule has 3 rings (SSSR count). The maximum absolute atomic E-state index is 12.5. The van der Waals surface area contributed by atoms with Gasteiger partial charge in [-0.3, -0.25) is 14.3 Å². The molecule has 0 fully saturated rings. The molecule has 0 spiro atoms. The largest absolute Gasteiger partial charge is 0.352 e. The van der Waals surface area contributed by atoms with Crippen LogP contribution in [0.2, 0.25) is 0 Å². The number of carbonyl (C=O) groups excluding carboxylic acids is 2. The van der Waals surface area contributed by atoms with Crippen LogP contribution in [0.25, 0.3) is 6.08 Å². The summed E-state index contributed by atoms with van der Waals surface area (Å²) in [6, 6.07) is 9.37. The van der Waals surface area contributed by atoms with Crippen LogP contribution in [0.1, 0.15) is 37.4 Å². The minimum Gasteiger partial charge on any atom is -0.352 e. The van der Waals surface area contributed by atoms with Crippen LogP contribution in [0.4, 0.5) is 0 Å². The maximum atomic E-state index is 12.5. The lowest BCUT2D eigenvalue weighted by Gasteiger charge is -2.32. The number of benzene rings is 1. The van der Waals surface area contributed by atoms with E-state index in [1.54, 1.807) is 22.0 Å². The van der Waals surface area contributed by atoms with Crippen molar-refractivity contribution in [2.75, 3.05) is 0 Å². The minimum atomic E-state index is -0.282. The summed E-state index contributed by atoms with van der Waals surface area (Å²) >= 11 is 0. The van der Waals surface area contributed by atoms with Crippen LogP contribution in [0.15, 0.2) is 48.9 Å². The Balaban J connectivity index is 1.69. The topological polar surface area (TPSA) is 67.2 Å². The summed E-state index contributed by atoms with van der Waals surface area (Å²) < 4.78 is 1.78. The van der Waals surface area contributed by atoms with Gasteiger partial charge in [-0.05, 0) is 30.2 Å². The van der Waals surface area contributed by atoms with Crippen LogP contribution in [0, 0.1) is 0 Å². The molecule has 0 aliphatic carbocycles. The van der Waals surface area contributed by atoms with Crippen molar-refractivity contribution in [2.45, 2.75) is 38.9 Å². The summed E-state index contributed by atoms with van der Waals surface area (Å²) in [6.07, 6.45) is 7.47. The van der Waals surface area contributed by atoms with Crippen molar-refractivity contribution in [1.29, 1.82) is 0 Å². The Morgan fingerprint density at radius 2 is 2.08 bits per heavy atom. The molecule has 1 aromatic carbocycles. The highest BCUT2D eigenvalue weighted by Crippen LogP contribution is 2.32. The Morgan fingerprint density at radius 1 is 1.28 bits per heavy atom. The normalized spacial score (nSPS) is 17.0. The lowest BCUT2D eigenvalue weighted by molar-refractivity contribution is -0.130. The molecule has 2 aromatic rings. The molecule has 1 aromatic heterocycles. The van der Waals surface area contributed by atoms with Gasteiger partial charge in [0.15, 0.2) is 0 Å². The van der Waals surface area contributed by atoms with Crippen molar-refractivity contribution in [2.24, 2.45) is 0 Å². The van der Waals surface area contributed by atoms with E-state index < -0.39 is 0 Å². The summed E-state index contributed by atoms with van der Waals surface area (Å²) in [5.41, 5.74) is 2.04. The summed E-state index contributed by atoms with van der Waals surface area (Å²) in [4.78, 5) is 26.1. The van der Waals surface area contributed by atoms with E-state index in [-0.39, 0.29) is 30.3 Å². The fourth-order valence-corrected chi connectivity index (χ4v) is 3.16. The highest BCUT2D eigenvalue weighted by Gasteiger charge is 2.28. The van der Waals surface area contributed by atoms with E-state index in [0.717, 1.165) is 11.1 Å². The third-order valence-electron chi connectivity index (χ3n) is 4.28. The Kier molecular flexibility index (Phi) is 4.97. The number of amides is 2. The first-order valence-electron chi connectivity index (χ1n) is 8.37. The summed E-state index contributed by atoms with van der Waals surface area (Å²) in [7, 11) is 0. The van der Waals surface area contributed by atoms with Crippen LogP contribution >= 0.6 is 0 Å². The van der Waals surface area contributed by atoms with Crippen molar-refractivity contribution >= 4 is 17.9 Å². The fourth-order valence-electron chi connectivity index (χ4n) is 3.16. The molecule has 1 N–H and O–H groups in total. The molecule has 25 heavy (non-hydrogen) atoms. The number of nitrogens with one attached hydrogen (secondary N) is 1. The summed E-state index contributed by atoms with van der Waals surface area (Å²) in [5, 5.41) is 7.14. The number of hydrogen-bond donors (Lipinski definition) is 1. The predicted octanol–water partition coefficient (Wildman–Crippen LogP) is 2.35. The molecule has 1 aliphatic heterocycles. The second kappa shape index (κ2) is 7.34. The van der Waals surface area contributed by atoms with Gasteiger partial charge in [0.2, 0.25) is 11.8 Å². The van der Waals surface area contributed by atoms with Crippen molar-refractivity contribution in [1.82, 2.24) is 20.0 Å². The maximum Gasteiger partial charge on any atom is 0.223 e. The molecule has 0 radical (unpaired) electrons. The van der Waals surface area contributed by atoms with E-state index in [4.69, 9.17) is 0 Å². The molecule has 2 heterocycles. The molecule has 2 atom stereocenters. The Labute approximate surface area is 147 Å². The van der Waals surface area contributed by atoms with Gasteiger partial charge in [-0.25, -0.2) is 0 Å². The smallest absolute Gasteiger partial charge is 0.223 e. The first-order valence-corrected chi connectivity index (χ1v) is 8.37. The van der Waals surface area contributed by atoms with Crippen LogP contribution < -0.4 is 5.32 Å². The Morgan fingerprint density at radius 3 is 2.80 bits per heavy atom. The van der Waals surface area contributed by atoms with E-state index in [1.165, 1.54) is 6.92 Å². The lowest BCUT2D eigenvalue weighted by atomic mass is 9.93. The zero-order chi connectivity index (χ0) is 17.8. The van der Waals surface area contributed by atoms with Gasteiger partial charge < -0.3 is 10.2 Å². The minimum absolute atomic E-state index is 0.0486. The average Bonchev–Trinajstić information content (AvgIpc) is 3.07. The first kappa shape index (κ1) is 17.0. The van der Waals surface area contributed by atoms with Gasteiger partial charge in [0.1, 0.15) is 0 Å². The number of aromatic nitrogens is 2. The standard InChI is InChI=1S/C19H22N4O2/c1-14(13-22-10-5-9-20-22)21-19(25)12-18-17-7-4-3-6-16(17)8-11-23(18)15(2)24/h3-11,14,18H,12-13H2,1-2H3,(H,21,25)/t14-,18-/m1/s1. The Bertz CT molecular complexity index is 782. The molecule has 0 unspecified atom stereocenters. The van der Waals surface area contributed by atoms with E-state index in [9.17, 15) is 9.59 Å². The van der Waals surface area contributed by atoms with Gasteiger partial charge in [0.05, 0.1) is 19.0 Å². The molecular weight excluding hydrogens is 316 g/mol. The molecule has 6 heteroatoms. The predicted molar refractivity (Wildman–Crippen MR) is 95.2 cm³/mol. The average molecular weight is 338 g/mol. The Hall–Kier alpha value is -2.89. The highest BCUT2D eigenvalue weighted by atomic mass is 16.2. The summed E-state index contributed by atoms with van der Waals surface area (Å²) in [5.74, 6) is -0.158. The van der Waals surface area contributed by atoms with Gasteiger partial charge >= 0.3 is 0 Å². The number of rotatable bonds is 5. The summed E-state index contributed by atoms with van der Waals surface area (Å²) in [6.45, 7) is 4.07. The number of nitrogens with zero attached hydrogens (tertiary/aromatic N) is 3. The van der Waals surface area contributed by atoms with E-state index in [2.05, 4.69) is 10.4 Å². The fraction of sp³-hybridized carbons (Fsp3) is 0.316. The van der Waals surface area contributed by atoms with E-state index >= 15 is 0 Å². The van der Waals surface area contributed by atoms with Gasteiger partial charge in [-0.2, -0.15) is 5.10 Å². The third-order valence-corrected chi connectivity index (χ3v) is 4.28. The zero-order valence-electron chi connectivity index (χ0n) is 14.4. The van der Waals surface area contributed by atoms with Crippen LogP contribution in [-0.4, -0.2) is 32.5 Å². The molecule has 2 amide bonds. The van der Waals surface area contributed by atoms with E-state index in [0.29, 0.717) is 6.54 Å². The van der Waals surface area contributed by atoms with Crippen molar-refractivity contribution in [3.05, 3.63) is 60.1 Å². The molecule has 1 aliphatic rings. The third kappa shape index (κ3) is 3.96. The van der Waals surface area contributed by atoms with Crippen LogP contribution in [0.5, 0.6) is 0 Å². The van der Waals surface area contributed by atoms with Crippen molar-refractivity contribution in [3.63, 3.8) is 0 Å². The molecule has 0 saturated carbocycles. The SMILES string of the molecule is CC(=O)N1C=Cc2ccccc2[C@H]1CC(=O)N[C@H](C)Cn1cccn1. The van der Waals surface area contributed by atoms with Gasteiger partial charge in [0, 0.05) is 31.6 Å². The number of carbonyl (C=O) groups is 2. The molecule has 130 valence electrons. The quantitative estimate of drug-likeness (QED) is 0.910. The molecule has 0 saturated heterocycles. The molecule has 0 bridgehead atoms. The monoisotopic (exact) mass is 338 g/mol. The number of hydrogen-bond acceptors (Lipinski definition) is 3. The lowest BCUT2D eigenvalue weighted by Crippen LogP contribution is -2.39. The second-order valence-corrected chi connectivity index (χ2v) is 6.29. The van der Waals surface area contributed by atoms with Gasteiger partial charge in [0.25, 0.3) is 0 Å². The first-order chi connectivity index (χ1) is 12.0. The van der Waals surface area contributed by atoms with Gasteiger partial charge in [-0.1, -0.05) is 24.3 Å². The number of fused-ring (bicyclic) bond motifs is 1. The highest BCUT2D eigenvalue weighted by molar-refractivity contribution is 5.81. The van der Waals surface area contributed by atoms with E-state index in [1.807, 2.05) is 49.5 Å². The molecular formula is C19H22N4O2. The van der Waals surface area contributed by atoms with Crippen LogP contribution in [0.3, 0.4) is 0 Å². The van der Waals surface area contributed by atoms with Crippen molar-refractivity contribution in [3.8, 4) is 0 Å². The second-order valence-electron chi connectivity index (χ2n) is 6.29. The zero-order valence-corrected chi connectivity index (χ0v) is 14.4. The van der Waals surface area contributed by atoms with Gasteiger partial charge in [-0.15, -0.1) is 0 Å². The molecule has 6 nitrogen and oxygen atoms in total. The van der Waals surface area contributed by atoms with Crippen LogP contribution in [-0.2, 0) is 16.1 Å². The van der Waals surface area contributed by atoms with Crippen molar-refractivity contribution < 1.29 is 9.59 Å².